The van der Waals surface area contributed by atoms with Crippen LogP contribution in [0.5, 0.6) is 5.75 Å². The van der Waals surface area contributed by atoms with Gasteiger partial charge >= 0.3 is 6.03 Å². The number of carbonyl (C=O) groups excluding carboxylic acids is 3. The molecule has 5 N–H and O–H groups in total. The van der Waals surface area contributed by atoms with Gasteiger partial charge in [0.05, 0.1) is 12.1 Å². The highest BCUT2D eigenvalue weighted by molar-refractivity contribution is 6.08. The van der Waals surface area contributed by atoms with Gasteiger partial charge in [-0.1, -0.05) is 50.2 Å². The number of anilines is 1. The van der Waals surface area contributed by atoms with Gasteiger partial charge in [0.2, 0.25) is 11.8 Å². The van der Waals surface area contributed by atoms with Crippen molar-refractivity contribution in [1.29, 1.82) is 0 Å². The molecular weight excluding hydrogens is 859 g/mol. The third-order valence-corrected chi connectivity index (χ3v) is 15.1. The van der Waals surface area contributed by atoms with E-state index in [1.165, 1.54) is 23.8 Å². The van der Waals surface area contributed by atoms with Gasteiger partial charge in [-0.25, -0.2) is 13.6 Å². The molecule has 1 aromatic heterocycles. The largest absolute Gasteiger partial charge is 0.488 e. The number of halogens is 2. The lowest BCUT2D eigenvalue weighted by molar-refractivity contribution is -0.120. The summed E-state index contributed by atoms with van der Waals surface area (Å²) in [5, 5.41) is 21.0. The van der Waals surface area contributed by atoms with Crippen molar-refractivity contribution >= 4 is 34.6 Å². The Morgan fingerprint density at radius 2 is 1.75 bits per heavy atom. The van der Waals surface area contributed by atoms with E-state index >= 15 is 8.78 Å². The molecule has 4 aliphatic heterocycles. The summed E-state index contributed by atoms with van der Waals surface area (Å²) in [6.07, 6.45) is 6.12. The normalized spacial score (nSPS) is 24.5. The molecule has 4 aromatic rings. The van der Waals surface area contributed by atoms with E-state index in [4.69, 9.17) is 15.2 Å². The maximum absolute atomic E-state index is 16.5. The molecule has 3 fully saturated rings. The second-order valence-corrected chi connectivity index (χ2v) is 19.0. The summed E-state index contributed by atoms with van der Waals surface area (Å²) in [4.78, 5) is 43.8. The number of amides is 4. The van der Waals surface area contributed by atoms with Gasteiger partial charge in [-0.2, -0.15) is 5.10 Å². The lowest BCUT2D eigenvalue weighted by Gasteiger charge is -2.38. The molecule has 67 heavy (non-hydrogen) atoms. The molecule has 1 aliphatic carbocycles. The van der Waals surface area contributed by atoms with Crippen molar-refractivity contribution in [3.8, 4) is 5.75 Å². The molecule has 0 radical (unpaired) electrons. The Labute approximate surface area is 390 Å². The number of carbonyl (C=O) groups is 3. The number of rotatable bonds is 15. The van der Waals surface area contributed by atoms with E-state index in [1.54, 1.807) is 11.8 Å². The second kappa shape index (κ2) is 19.5. The second-order valence-electron chi connectivity index (χ2n) is 19.0. The fraction of sp³-hybridized carbons (Fsp3) is 0.490. The number of benzene rings is 3. The topological polar surface area (TPSA) is 168 Å². The average Bonchev–Trinajstić information content (AvgIpc) is 3.80. The summed E-state index contributed by atoms with van der Waals surface area (Å²) in [6.45, 7) is 10.8. The molecule has 3 saturated heterocycles. The fourth-order valence-corrected chi connectivity index (χ4v) is 11.3. The predicted octanol–water partition coefficient (Wildman–Crippen LogP) is 6.21. The molecule has 16 heteroatoms. The number of primary amides is 1. The van der Waals surface area contributed by atoms with E-state index < -0.39 is 41.0 Å². The maximum atomic E-state index is 16.5. The number of hydrogen-bond donors (Lipinski definition) is 4. The number of aromatic nitrogens is 2. The number of imide groups is 1. The van der Waals surface area contributed by atoms with E-state index in [0.717, 1.165) is 81.4 Å². The van der Waals surface area contributed by atoms with Gasteiger partial charge in [0.15, 0.2) is 23.0 Å². The van der Waals surface area contributed by atoms with E-state index in [2.05, 4.69) is 43.7 Å². The van der Waals surface area contributed by atoms with E-state index in [9.17, 15) is 19.5 Å². The van der Waals surface area contributed by atoms with Crippen LogP contribution in [-0.4, -0.2) is 115 Å². The van der Waals surface area contributed by atoms with Gasteiger partial charge in [0.25, 0.3) is 0 Å². The van der Waals surface area contributed by atoms with Crippen LogP contribution in [0.2, 0.25) is 0 Å². The fourth-order valence-electron chi connectivity index (χ4n) is 11.3. The Kier molecular flexibility index (Phi) is 13.5. The Morgan fingerprint density at radius 1 is 1.00 bits per heavy atom. The minimum absolute atomic E-state index is 0.0336. The van der Waals surface area contributed by atoms with Crippen LogP contribution in [-0.2, 0) is 22.2 Å². The van der Waals surface area contributed by atoms with E-state index in [0.29, 0.717) is 48.6 Å². The molecule has 0 spiro atoms. The van der Waals surface area contributed by atoms with E-state index in [1.807, 2.05) is 49.0 Å². The zero-order valence-electron chi connectivity index (χ0n) is 38.6. The van der Waals surface area contributed by atoms with Crippen LogP contribution in [0.15, 0.2) is 83.9 Å². The smallest absolute Gasteiger partial charge is 0.329 e. The number of aliphatic hydroxyl groups excluding tert-OH is 1. The molecule has 4 unspecified atom stereocenters. The number of urea groups is 1. The highest BCUT2D eigenvalue weighted by atomic mass is 19.1. The zero-order chi connectivity index (χ0) is 47.0. The number of nitrogens with one attached hydrogen (secondary N) is 2. The first-order valence-electron chi connectivity index (χ1n) is 23.8. The number of aryl methyl sites for hydroxylation is 1. The number of aliphatic hydroxyl groups is 1. The first-order valence-corrected chi connectivity index (χ1v) is 23.8. The lowest BCUT2D eigenvalue weighted by atomic mass is 9.68. The van der Waals surface area contributed by atoms with Crippen molar-refractivity contribution in [2.24, 2.45) is 30.5 Å². The van der Waals surface area contributed by atoms with Gasteiger partial charge in [0, 0.05) is 86.5 Å². The van der Waals surface area contributed by atoms with Crippen LogP contribution in [0.3, 0.4) is 0 Å². The van der Waals surface area contributed by atoms with Crippen molar-refractivity contribution in [3.63, 3.8) is 0 Å². The predicted molar refractivity (Wildman–Crippen MR) is 251 cm³/mol. The van der Waals surface area contributed by atoms with E-state index in [-0.39, 0.29) is 48.3 Å². The van der Waals surface area contributed by atoms with Crippen LogP contribution in [0, 0.1) is 23.6 Å². The Morgan fingerprint density at radius 3 is 2.46 bits per heavy atom. The average molecular weight is 921 g/mol. The summed E-state index contributed by atoms with van der Waals surface area (Å²) in [5.41, 5.74) is 8.65. The van der Waals surface area contributed by atoms with Gasteiger partial charge in [-0.3, -0.25) is 24.5 Å². The van der Waals surface area contributed by atoms with Crippen LogP contribution in [0.4, 0.5) is 19.4 Å². The maximum Gasteiger partial charge on any atom is 0.329 e. The quantitative estimate of drug-likeness (QED) is 0.101. The van der Waals surface area contributed by atoms with Crippen molar-refractivity contribution in [2.45, 2.75) is 63.4 Å². The summed E-state index contributed by atoms with van der Waals surface area (Å²) >= 11 is 0. The number of piperidine rings is 2. The van der Waals surface area contributed by atoms with Crippen molar-refractivity contribution in [3.05, 3.63) is 112 Å². The first-order chi connectivity index (χ1) is 32.4. The summed E-state index contributed by atoms with van der Waals surface area (Å²) in [6, 6.07) is 18.6. The molecule has 0 saturated carbocycles. The van der Waals surface area contributed by atoms with Crippen LogP contribution in [0.1, 0.15) is 84.8 Å². The third-order valence-electron chi connectivity index (χ3n) is 15.1. The standard InChI is InChI=1S/C51H62F2N8O6/c1-31-39(52)28-42-45(44(31)46-38(48(54)64)11-12-41(47(46)53)66-26-25-62)32(2)51(67-42,36-7-5-4-6-8-36)30-55-18-24-59-19-13-33(14-20-59)29-60-21-15-34(16-22-60)35-9-10-37-40(27-35)58(3)57-49(37)61-23-17-43(63)56-50(61)65/h4-12,27-28,31-34,44,55,62H,13-26,29-30H2,1-3H3,(H2,54,64)(H,56,63,65). The van der Waals surface area contributed by atoms with Crippen molar-refractivity contribution in [2.75, 3.05) is 77.0 Å². The summed E-state index contributed by atoms with van der Waals surface area (Å²) < 4.78 is 46.7. The molecule has 4 amide bonds. The first kappa shape index (κ1) is 46.4. The molecule has 9 rings (SSSR count). The van der Waals surface area contributed by atoms with Gasteiger partial charge in [-0.15, -0.1) is 0 Å². The summed E-state index contributed by atoms with van der Waals surface area (Å²) in [5.74, 6) is -2.61. The highest BCUT2D eigenvalue weighted by Crippen LogP contribution is 2.57. The number of ether oxygens (including phenoxy) is 2. The molecule has 4 atom stereocenters. The van der Waals surface area contributed by atoms with Crippen molar-refractivity contribution in [1.82, 2.24) is 30.2 Å². The number of allylic oxidation sites excluding steroid dienone is 2. The van der Waals surface area contributed by atoms with Gasteiger partial charge in [-0.05, 0) is 105 Å². The summed E-state index contributed by atoms with van der Waals surface area (Å²) in [7, 11) is 1.90. The SMILES string of the molecule is CC1C(F)=CC2=C(C1c1c(C(N)=O)ccc(OCCO)c1F)C(C)C(CNCCN1CCC(CN3CCC(c4ccc5c(N6CCC(=O)NC6=O)nn(C)c5c4)CC3)CC1)(c1ccccc1)O2. The van der Waals surface area contributed by atoms with Crippen LogP contribution < -0.4 is 26.0 Å². The zero-order valence-corrected chi connectivity index (χ0v) is 38.6. The minimum Gasteiger partial charge on any atom is -0.488 e. The molecule has 5 heterocycles. The molecule has 3 aromatic carbocycles. The number of nitrogens with zero attached hydrogens (tertiary/aromatic N) is 5. The lowest BCUT2D eigenvalue weighted by Crippen LogP contribution is -2.49. The third kappa shape index (κ3) is 9.08. The van der Waals surface area contributed by atoms with Gasteiger partial charge in [0.1, 0.15) is 18.2 Å². The number of nitrogens with two attached hydrogens (primary N) is 1. The number of likely N-dealkylation sites (tertiary alicyclic amines) is 2. The Balaban J connectivity index is 0.791. The van der Waals surface area contributed by atoms with Gasteiger partial charge < -0.3 is 35.4 Å². The van der Waals surface area contributed by atoms with Crippen LogP contribution in [0.25, 0.3) is 10.9 Å². The monoisotopic (exact) mass is 920 g/mol. The van der Waals surface area contributed by atoms with Crippen molar-refractivity contribution < 1.29 is 37.7 Å². The molecular formula is C51H62F2N8O6. The minimum atomic E-state index is -0.954. The van der Waals surface area contributed by atoms with Crippen LogP contribution >= 0.6 is 0 Å². The molecule has 0 bridgehead atoms. The highest BCUT2D eigenvalue weighted by Gasteiger charge is 2.53. The number of fused-ring (bicyclic) bond motifs is 1. The Hall–Kier alpha value is -5.68. The molecule has 356 valence electrons. The Bertz CT molecular complexity index is 2570. The molecule has 5 aliphatic rings. The number of hydrogen-bond acceptors (Lipinski definition) is 10. The molecule has 14 nitrogen and oxygen atoms in total.